The van der Waals surface area contributed by atoms with E-state index in [0.29, 0.717) is 18.4 Å². The summed E-state index contributed by atoms with van der Waals surface area (Å²) in [5.74, 6) is 1.51. The molecule has 0 radical (unpaired) electrons. The lowest BCUT2D eigenvalue weighted by molar-refractivity contribution is -0.136. The third-order valence-corrected chi connectivity index (χ3v) is 7.45. The van der Waals surface area contributed by atoms with Crippen molar-refractivity contribution >= 4 is 11.8 Å². The summed E-state index contributed by atoms with van der Waals surface area (Å²) in [6.45, 7) is 7.07. The van der Waals surface area contributed by atoms with Crippen LogP contribution in [0.15, 0.2) is 30.3 Å². The molecule has 2 heterocycles. The van der Waals surface area contributed by atoms with Gasteiger partial charge in [-0.15, -0.1) is 0 Å². The SMILES string of the molecule is CC(C)C(=O)N1CCC([C@@H]2CN(C(=O)C3(c4ccccc4)CC3)C[C@H]2CO)CC1. The van der Waals surface area contributed by atoms with Crippen LogP contribution in [-0.4, -0.2) is 59.5 Å². The minimum atomic E-state index is -0.330. The van der Waals surface area contributed by atoms with Gasteiger partial charge in [-0.05, 0) is 43.1 Å². The van der Waals surface area contributed by atoms with Crippen molar-refractivity contribution in [3.8, 4) is 0 Å². The topological polar surface area (TPSA) is 60.9 Å². The quantitative estimate of drug-likeness (QED) is 0.830. The summed E-state index contributed by atoms with van der Waals surface area (Å²) in [4.78, 5) is 29.7. The molecule has 2 amide bonds. The molecule has 2 atom stereocenters. The standard InChI is InChI=1S/C24H34N2O3/c1-17(2)22(28)25-12-8-18(9-13-25)21-15-26(14-19(21)16-27)23(29)24(10-11-24)20-6-4-3-5-7-20/h3-7,17-19,21,27H,8-16H2,1-2H3/t19-,21-/m0/s1. The number of amides is 2. The summed E-state index contributed by atoms with van der Waals surface area (Å²) in [6.07, 6.45) is 3.81. The average molecular weight is 399 g/mol. The molecule has 1 aliphatic carbocycles. The van der Waals surface area contributed by atoms with Crippen LogP contribution in [0.4, 0.5) is 0 Å². The lowest BCUT2D eigenvalue weighted by atomic mass is 9.78. The first-order valence-electron chi connectivity index (χ1n) is 11.2. The number of hydrogen-bond acceptors (Lipinski definition) is 3. The van der Waals surface area contributed by atoms with Crippen molar-refractivity contribution in [2.75, 3.05) is 32.8 Å². The first-order chi connectivity index (χ1) is 14.0. The lowest BCUT2D eigenvalue weighted by Crippen LogP contribution is -2.43. The van der Waals surface area contributed by atoms with Gasteiger partial charge in [-0.25, -0.2) is 0 Å². The van der Waals surface area contributed by atoms with E-state index in [1.807, 2.05) is 41.8 Å². The van der Waals surface area contributed by atoms with Crippen LogP contribution in [0, 0.1) is 23.7 Å². The van der Waals surface area contributed by atoms with Gasteiger partial charge in [0.1, 0.15) is 0 Å². The van der Waals surface area contributed by atoms with Crippen molar-refractivity contribution in [3.05, 3.63) is 35.9 Å². The van der Waals surface area contributed by atoms with Gasteiger partial charge in [-0.1, -0.05) is 44.2 Å². The number of carbonyl (C=O) groups excluding carboxylic acids is 2. The zero-order chi connectivity index (χ0) is 20.6. The molecule has 3 aliphatic rings. The second-order valence-corrected chi connectivity index (χ2v) is 9.58. The lowest BCUT2D eigenvalue weighted by Gasteiger charge is -2.37. The summed E-state index contributed by atoms with van der Waals surface area (Å²) in [5, 5.41) is 10.0. The Morgan fingerprint density at radius 3 is 2.28 bits per heavy atom. The highest BCUT2D eigenvalue weighted by Crippen LogP contribution is 2.50. The summed E-state index contributed by atoms with van der Waals surface area (Å²) in [5.41, 5.74) is 0.804. The number of piperidine rings is 1. The van der Waals surface area contributed by atoms with E-state index >= 15 is 0 Å². The highest BCUT2D eigenvalue weighted by Gasteiger charge is 2.55. The zero-order valence-electron chi connectivity index (χ0n) is 17.7. The molecule has 0 bridgehead atoms. The molecule has 0 unspecified atom stereocenters. The second-order valence-electron chi connectivity index (χ2n) is 9.58. The Balaban J connectivity index is 1.41. The summed E-state index contributed by atoms with van der Waals surface area (Å²) < 4.78 is 0. The van der Waals surface area contributed by atoms with Crippen molar-refractivity contribution < 1.29 is 14.7 Å². The van der Waals surface area contributed by atoms with Gasteiger partial charge >= 0.3 is 0 Å². The molecule has 1 N–H and O–H groups in total. The molecule has 0 aromatic heterocycles. The fraction of sp³-hybridized carbons (Fsp3) is 0.667. The number of aliphatic hydroxyl groups excluding tert-OH is 1. The monoisotopic (exact) mass is 398 g/mol. The van der Waals surface area contributed by atoms with Crippen LogP contribution < -0.4 is 0 Å². The van der Waals surface area contributed by atoms with E-state index in [1.165, 1.54) is 0 Å². The maximum Gasteiger partial charge on any atom is 0.233 e. The molecular formula is C24H34N2O3. The van der Waals surface area contributed by atoms with Gasteiger partial charge in [0.05, 0.1) is 5.41 Å². The molecule has 0 spiro atoms. The van der Waals surface area contributed by atoms with Crippen LogP contribution in [-0.2, 0) is 15.0 Å². The Hall–Kier alpha value is -1.88. The number of benzene rings is 1. The van der Waals surface area contributed by atoms with Gasteiger partial charge in [0.2, 0.25) is 11.8 Å². The second kappa shape index (κ2) is 8.10. The highest BCUT2D eigenvalue weighted by molar-refractivity contribution is 5.91. The molecule has 1 saturated carbocycles. The van der Waals surface area contributed by atoms with Crippen LogP contribution in [0.5, 0.6) is 0 Å². The molecule has 29 heavy (non-hydrogen) atoms. The molecule has 3 fully saturated rings. The minimum Gasteiger partial charge on any atom is -0.396 e. The van der Waals surface area contributed by atoms with Crippen LogP contribution in [0.3, 0.4) is 0 Å². The van der Waals surface area contributed by atoms with E-state index in [0.717, 1.165) is 50.9 Å². The zero-order valence-corrected chi connectivity index (χ0v) is 17.7. The van der Waals surface area contributed by atoms with Gasteiger partial charge in [-0.2, -0.15) is 0 Å². The van der Waals surface area contributed by atoms with Crippen LogP contribution >= 0.6 is 0 Å². The number of aliphatic hydroxyl groups is 1. The molecule has 1 aromatic rings. The Morgan fingerprint density at radius 2 is 1.72 bits per heavy atom. The molecule has 2 aliphatic heterocycles. The maximum atomic E-state index is 13.4. The fourth-order valence-electron chi connectivity index (χ4n) is 5.51. The van der Waals surface area contributed by atoms with Gasteiger partial charge < -0.3 is 14.9 Å². The smallest absolute Gasteiger partial charge is 0.233 e. The average Bonchev–Trinajstić information content (AvgIpc) is 3.46. The molecule has 158 valence electrons. The normalized spacial score (nSPS) is 26.8. The fourth-order valence-corrected chi connectivity index (χ4v) is 5.51. The molecule has 5 heteroatoms. The predicted octanol–water partition coefficient (Wildman–Crippen LogP) is 2.68. The van der Waals surface area contributed by atoms with Gasteiger partial charge in [0, 0.05) is 44.6 Å². The molecule has 2 saturated heterocycles. The van der Waals surface area contributed by atoms with Crippen molar-refractivity contribution in [1.29, 1.82) is 0 Å². The van der Waals surface area contributed by atoms with Crippen LogP contribution in [0.1, 0.15) is 45.1 Å². The Labute approximate surface area is 174 Å². The van der Waals surface area contributed by atoms with Crippen molar-refractivity contribution in [1.82, 2.24) is 9.80 Å². The summed E-state index contributed by atoms with van der Waals surface area (Å²) >= 11 is 0. The highest BCUT2D eigenvalue weighted by atomic mass is 16.3. The molecular weight excluding hydrogens is 364 g/mol. The molecule has 5 nitrogen and oxygen atoms in total. The maximum absolute atomic E-state index is 13.4. The number of rotatable bonds is 5. The molecule has 4 rings (SSSR count). The summed E-state index contributed by atoms with van der Waals surface area (Å²) in [7, 11) is 0. The van der Waals surface area contributed by atoms with E-state index in [2.05, 4.69) is 12.1 Å². The Kier molecular flexibility index (Phi) is 5.69. The van der Waals surface area contributed by atoms with Gasteiger partial charge in [0.15, 0.2) is 0 Å². The number of nitrogens with zero attached hydrogens (tertiary/aromatic N) is 2. The van der Waals surface area contributed by atoms with E-state index < -0.39 is 0 Å². The van der Waals surface area contributed by atoms with Crippen LogP contribution in [0.2, 0.25) is 0 Å². The predicted molar refractivity (Wildman–Crippen MR) is 112 cm³/mol. The third-order valence-electron chi connectivity index (χ3n) is 7.45. The Bertz CT molecular complexity index is 736. The number of hydrogen-bond donors (Lipinski definition) is 1. The van der Waals surface area contributed by atoms with E-state index in [-0.39, 0.29) is 35.7 Å². The largest absolute Gasteiger partial charge is 0.396 e. The van der Waals surface area contributed by atoms with E-state index in [1.54, 1.807) is 0 Å². The first kappa shape index (κ1) is 20.4. The van der Waals surface area contributed by atoms with Crippen molar-refractivity contribution in [2.45, 2.75) is 44.9 Å². The first-order valence-corrected chi connectivity index (χ1v) is 11.2. The number of carbonyl (C=O) groups is 2. The van der Waals surface area contributed by atoms with Gasteiger partial charge in [0.25, 0.3) is 0 Å². The van der Waals surface area contributed by atoms with E-state index in [4.69, 9.17) is 0 Å². The van der Waals surface area contributed by atoms with E-state index in [9.17, 15) is 14.7 Å². The minimum absolute atomic E-state index is 0.0454. The van der Waals surface area contributed by atoms with Crippen molar-refractivity contribution in [3.63, 3.8) is 0 Å². The number of likely N-dealkylation sites (tertiary alicyclic amines) is 2. The van der Waals surface area contributed by atoms with Gasteiger partial charge in [-0.3, -0.25) is 9.59 Å². The van der Waals surface area contributed by atoms with Crippen LogP contribution in [0.25, 0.3) is 0 Å². The third kappa shape index (κ3) is 3.81. The summed E-state index contributed by atoms with van der Waals surface area (Å²) in [6, 6.07) is 10.2. The van der Waals surface area contributed by atoms with Crippen molar-refractivity contribution in [2.24, 2.45) is 23.7 Å². The molecule has 1 aromatic carbocycles. The Morgan fingerprint density at radius 1 is 1.07 bits per heavy atom.